The highest BCUT2D eigenvalue weighted by Crippen LogP contribution is 2.19. The summed E-state index contributed by atoms with van der Waals surface area (Å²) in [5.74, 6) is -1.01. The average Bonchev–Trinajstić information content (AvgIpc) is 2.78. The molecule has 0 aliphatic heterocycles. The smallest absolute Gasteiger partial charge is 0.242 e. The lowest BCUT2D eigenvalue weighted by Crippen LogP contribution is -2.50. The van der Waals surface area contributed by atoms with Crippen LogP contribution in [0.2, 0.25) is 0 Å². The maximum Gasteiger partial charge on any atom is 0.242 e. The van der Waals surface area contributed by atoms with Gasteiger partial charge in [0.2, 0.25) is 11.8 Å². The molecular formula is C25H24BrFN2O2. The van der Waals surface area contributed by atoms with Crippen LogP contribution in [0.3, 0.4) is 0 Å². The molecule has 0 bridgehead atoms. The Balaban J connectivity index is 1.95. The first kappa shape index (κ1) is 22.7. The van der Waals surface area contributed by atoms with Gasteiger partial charge in [0.15, 0.2) is 0 Å². The van der Waals surface area contributed by atoms with Gasteiger partial charge in [-0.3, -0.25) is 9.59 Å². The van der Waals surface area contributed by atoms with E-state index in [1.54, 1.807) is 30.1 Å². The first-order valence-corrected chi connectivity index (χ1v) is 10.8. The third-order valence-electron chi connectivity index (χ3n) is 5.06. The molecule has 6 heteroatoms. The minimum Gasteiger partial charge on any atom is -0.357 e. The lowest BCUT2D eigenvalue weighted by Gasteiger charge is -2.31. The highest BCUT2D eigenvalue weighted by molar-refractivity contribution is 9.10. The van der Waals surface area contributed by atoms with Gasteiger partial charge in [0.25, 0.3) is 0 Å². The Morgan fingerprint density at radius 1 is 0.968 bits per heavy atom. The summed E-state index contributed by atoms with van der Waals surface area (Å²) in [5.41, 5.74) is 2.12. The van der Waals surface area contributed by atoms with Gasteiger partial charge in [0.1, 0.15) is 11.9 Å². The zero-order chi connectivity index (χ0) is 22.2. The fourth-order valence-corrected chi connectivity index (χ4v) is 3.91. The van der Waals surface area contributed by atoms with Crippen LogP contribution in [0.15, 0.2) is 83.3 Å². The molecule has 2 amide bonds. The van der Waals surface area contributed by atoms with E-state index in [9.17, 15) is 14.0 Å². The molecule has 1 atom stereocenters. The van der Waals surface area contributed by atoms with Gasteiger partial charge in [-0.15, -0.1) is 0 Å². The Morgan fingerprint density at radius 2 is 1.65 bits per heavy atom. The number of hydrogen-bond donors (Lipinski definition) is 1. The van der Waals surface area contributed by atoms with Crippen LogP contribution in [0, 0.1) is 5.82 Å². The predicted molar refractivity (Wildman–Crippen MR) is 123 cm³/mol. The van der Waals surface area contributed by atoms with Gasteiger partial charge in [-0.1, -0.05) is 76.6 Å². The molecule has 0 spiro atoms. The summed E-state index contributed by atoms with van der Waals surface area (Å²) in [6.07, 6.45) is 0.237. The molecule has 160 valence electrons. The summed E-state index contributed by atoms with van der Waals surface area (Å²) in [6, 6.07) is 22.6. The zero-order valence-electron chi connectivity index (χ0n) is 17.2. The van der Waals surface area contributed by atoms with Gasteiger partial charge in [0, 0.05) is 24.5 Å². The van der Waals surface area contributed by atoms with Crippen molar-refractivity contribution < 1.29 is 14.0 Å². The van der Waals surface area contributed by atoms with Crippen molar-refractivity contribution in [2.45, 2.75) is 25.4 Å². The number of benzene rings is 3. The topological polar surface area (TPSA) is 49.4 Å². The molecule has 0 aliphatic carbocycles. The SMILES string of the molecule is CNC(=O)[C@H](Cc1ccccc1)N(Cc1cccc(Br)c1)C(=O)Cc1ccccc1F. The lowest BCUT2D eigenvalue weighted by molar-refractivity contribution is -0.140. The fraction of sp³-hybridized carbons (Fsp3) is 0.200. The van der Waals surface area contributed by atoms with Crippen LogP contribution in [0.5, 0.6) is 0 Å². The molecular weight excluding hydrogens is 459 g/mol. The van der Waals surface area contributed by atoms with E-state index >= 15 is 0 Å². The van der Waals surface area contributed by atoms with Crippen molar-refractivity contribution in [2.75, 3.05) is 7.05 Å². The second kappa shape index (κ2) is 10.9. The molecule has 3 aromatic rings. The molecule has 3 aromatic carbocycles. The van der Waals surface area contributed by atoms with Crippen molar-refractivity contribution in [2.24, 2.45) is 0 Å². The highest BCUT2D eigenvalue weighted by atomic mass is 79.9. The summed E-state index contributed by atoms with van der Waals surface area (Å²) in [4.78, 5) is 27.8. The highest BCUT2D eigenvalue weighted by Gasteiger charge is 2.30. The molecule has 1 N–H and O–H groups in total. The number of nitrogens with one attached hydrogen (secondary N) is 1. The number of carbonyl (C=O) groups excluding carboxylic acids is 2. The van der Waals surface area contributed by atoms with Crippen molar-refractivity contribution in [1.82, 2.24) is 10.2 Å². The van der Waals surface area contributed by atoms with Crippen molar-refractivity contribution in [3.05, 3.63) is 106 Å². The normalized spacial score (nSPS) is 11.6. The average molecular weight is 483 g/mol. The number of rotatable bonds is 8. The Hall–Kier alpha value is -2.99. The van der Waals surface area contributed by atoms with E-state index in [0.29, 0.717) is 12.0 Å². The minimum absolute atomic E-state index is 0.122. The van der Waals surface area contributed by atoms with Gasteiger partial charge < -0.3 is 10.2 Å². The molecule has 31 heavy (non-hydrogen) atoms. The molecule has 0 saturated heterocycles. The quantitative estimate of drug-likeness (QED) is 0.513. The maximum absolute atomic E-state index is 14.2. The van der Waals surface area contributed by atoms with Crippen molar-refractivity contribution in [1.29, 1.82) is 0 Å². The Bertz CT molecular complexity index is 1040. The summed E-state index contributed by atoms with van der Waals surface area (Å²) in [7, 11) is 1.55. The van der Waals surface area contributed by atoms with Gasteiger partial charge in [-0.05, 0) is 34.9 Å². The van der Waals surface area contributed by atoms with E-state index in [4.69, 9.17) is 0 Å². The number of halogens is 2. The summed E-state index contributed by atoms with van der Waals surface area (Å²) in [5, 5.41) is 2.68. The molecule has 0 aliphatic rings. The van der Waals surface area contributed by atoms with Gasteiger partial charge >= 0.3 is 0 Å². The zero-order valence-corrected chi connectivity index (χ0v) is 18.8. The monoisotopic (exact) mass is 482 g/mol. The van der Waals surface area contributed by atoms with Crippen LogP contribution in [-0.2, 0) is 29.0 Å². The molecule has 0 heterocycles. The molecule has 0 radical (unpaired) electrons. The van der Waals surface area contributed by atoms with Crippen LogP contribution < -0.4 is 5.32 Å². The van der Waals surface area contributed by atoms with E-state index in [1.165, 1.54) is 6.07 Å². The molecule has 3 rings (SSSR count). The fourth-order valence-electron chi connectivity index (χ4n) is 3.46. The second-order valence-corrected chi connectivity index (χ2v) is 8.16. The molecule has 0 aromatic heterocycles. The number of amides is 2. The number of nitrogens with zero attached hydrogens (tertiary/aromatic N) is 1. The first-order chi connectivity index (χ1) is 15.0. The molecule has 0 fully saturated rings. The van der Waals surface area contributed by atoms with Gasteiger partial charge in [-0.25, -0.2) is 4.39 Å². The van der Waals surface area contributed by atoms with Crippen molar-refractivity contribution >= 4 is 27.7 Å². The number of carbonyl (C=O) groups is 2. The van der Waals surface area contributed by atoms with Crippen molar-refractivity contribution in [3.63, 3.8) is 0 Å². The third-order valence-corrected chi connectivity index (χ3v) is 5.55. The van der Waals surface area contributed by atoms with Crippen LogP contribution in [-0.4, -0.2) is 29.8 Å². The number of likely N-dealkylation sites (N-methyl/N-ethyl adjacent to an activating group) is 1. The van der Waals surface area contributed by atoms with E-state index in [2.05, 4.69) is 21.2 Å². The molecule has 0 saturated carbocycles. The minimum atomic E-state index is -0.731. The summed E-state index contributed by atoms with van der Waals surface area (Å²) in [6.45, 7) is 0.234. The Kier molecular flexibility index (Phi) is 7.95. The van der Waals surface area contributed by atoms with Crippen LogP contribution >= 0.6 is 15.9 Å². The molecule has 4 nitrogen and oxygen atoms in total. The van der Waals surface area contributed by atoms with Crippen LogP contribution in [0.4, 0.5) is 4.39 Å². The number of hydrogen-bond acceptors (Lipinski definition) is 2. The standard InChI is InChI=1S/C25H24BrFN2O2/c1-28-25(31)23(15-18-8-3-2-4-9-18)29(17-19-10-7-12-21(26)14-19)24(30)16-20-11-5-6-13-22(20)27/h2-14,23H,15-17H2,1H3,(H,28,31)/t23-/m0/s1. The summed E-state index contributed by atoms with van der Waals surface area (Å²) < 4.78 is 15.1. The molecule has 0 unspecified atom stereocenters. The van der Waals surface area contributed by atoms with E-state index in [1.807, 2.05) is 54.6 Å². The lowest BCUT2D eigenvalue weighted by atomic mass is 10.0. The van der Waals surface area contributed by atoms with Crippen LogP contribution in [0.1, 0.15) is 16.7 Å². The van der Waals surface area contributed by atoms with E-state index < -0.39 is 11.9 Å². The van der Waals surface area contributed by atoms with Crippen LogP contribution in [0.25, 0.3) is 0 Å². The largest absolute Gasteiger partial charge is 0.357 e. The Labute approximate surface area is 190 Å². The van der Waals surface area contributed by atoms with E-state index in [-0.39, 0.29) is 24.8 Å². The third kappa shape index (κ3) is 6.25. The first-order valence-electron chi connectivity index (χ1n) is 10.0. The Morgan fingerprint density at radius 3 is 2.32 bits per heavy atom. The summed E-state index contributed by atoms with van der Waals surface area (Å²) >= 11 is 3.45. The van der Waals surface area contributed by atoms with Gasteiger partial charge in [-0.2, -0.15) is 0 Å². The predicted octanol–water partition coefficient (Wildman–Crippen LogP) is 4.52. The maximum atomic E-state index is 14.2. The van der Waals surface area contributed by atoms with E-state index in [0.717, 1.165) is 15.6 Å². The van der Waals surface area contributed by atoms with Crippen molar-refractivity contribution in [3.8, 4) is 0 Å². The van der Waals surface area contributed by atoms with Gasteiger partial charge in [0.05, 0.1) is 6.42 Å². The second-order valence-electron chi connectivity index (χ2n) is 7.24.